The number of ether oxygens (including phenoxy) is 1. The van der Waals surface area contributed by atoms with E-state index in [9.17, 15) is 8.42 Å². The smallest absolute Gasteiger partial charge is 0.294 e. The summed E-state index contributed by atoms with van der Waals surface area (Å²) in [6.07, 6.45) is 1.71. The minimum absolute atomic E-state index is 0.272. The van der Waals surface area contributed by atoms with Crippen LogP contribution in [0.1, 0.15) is 17.5 Å². The number of pyridine rings is 1. The first kappa shape index (κ1) is 20.1. The molecule has 0 unspecified atom stereocenters. The van der Waals surface area contributed by atoms with Gasteiger partial charge < -0.3 is 4.74 Å². The van der Waals surface area contributed by atoms with Crippen LogP contribution in [0.25, 0.3) is 10.9 Å². The van der Waals surface area contributed by atoms with Crippen molar-refractivity contribution in [2.24, 2.45) is 0 Å². The number of fused-ring (bicyclic) bond motifs is 1. The second-order valence-electron chi connectivity index (χ2n) is 6.92. The molecule has 1 aliphatic rings. The van der Waals surface area contributed by atoms with Crippen molar-refractivity contribution in [1.29, 1.82) is 0 Å². The Morgan fingerprint density at radius 1 is 1.17 bits per heavy atom. The van der Waals surface area contributed by atoms with Gasteiger partial charge in [-0.1, -0.05) is 23.5 Å². The molecule has 0 amide bonds. The largest absolute Gasteiger partial charge is 0.469 e. The van der Waals surface area contributed by atoms with Gasteiger partial charge in [0.2, 0.25) is 10.0 Å². The van der Waals surface area contributed by atoms with Crippen LogP contribution in [0.5, 0.6) is 5.19 Å². The van der Waals surface area contributed by atoms with Gasteiger partial charge in [-0.25, -0.2) is 8.42 Å². The summed E-state index contributed by atoms with van der Waals surface area (Å²) in [4.78, 5) is 6.85. The normalized spacial score (nSPS) is 16.3. The number of aromatic nitrogens is 3. The van der Waals surface area contributed by atoms with Crippen LogP contribution in [-0.4, -0.2) is 65.6 Å². The second kappa shape index (κ2) is 8.31. The molecular formula is C19H23N5O3S2. The first-order valence-electron chi connectivity index (χ1n) is 9.50. The zero-order valence-electron chi connectivity index (χ0n) is 16.4. The third-order valence-corrected chi connectivity index (χ3v) is 7.59. The fraction of sp³-hybridized carbons (Fsp3) is 0.421. The van der Waals surface area contributed by atoms with Crippen molar-refractivity contribution in [2.75, 3.05) is 32.8 Å². The molecule has 0 spiro atoms. The van der Waals surface area contributed by atoms with Gasteiger partial charge >= 0.3 is 0 Å². The quantitative estimate of drug-likeness (QED) is 0.589. The van der Waals surface area contributed by atoms with Gasteiger partial charge in [-0.2, -0.15) is 4.31 Å². The zero-order valence-corrected chi connectivity index (χ0v) is 18.0. The van der Waals surface area contributed by atoms with Crippen LogP contribution in [0.3, 0.4) is 0 Å². The van der Waals surface area contributed by atoms with Crippen LogP contribution >= 0.6 is 11.3 Å². The zero-order chi connectivity index (χ0) is 20.4. The van der Waals surface area contributed by atoms with E-state index in [-0.39, 0.29) is 4.90 Å². The van der Waals surface area contributed by atoms with Crippen molar-refractivity contribution in [3.05, 3.63) is 41.0 Å². The minimum atomic E-state index is -3.60. The highest BCUT2D eigenvalue weighted by Crippen LogP contribution is 2.26. The van der Waals surface area contributed by atoms with E-state index >= 15 is 0 Å². The molecule has 0 atom stereocenters. The summed E-state index contributed by atoms with van der Waals surface area (Å²) in [6, 6.07) is 7.27. The summed E-state index contributed by atoms with van der Waals surface area (Å²) in [7, 11) is -3.60. The maximum atomic E-state index is 13.3. The fourth-order valence-electron chi connectivity index (χ4n) is 3.39. The average molecular weight is 434 g/mol. The van der Waals surface area contributed by atoms with E-state index < -0.39 is 10.0 Å². The van der Waals surface area contributed by atoms with Crippen molar-refractivity contribution in [2.45, 2.75) is 25.3 Å². The van der Waals surface area contributed by atoms with E-state index in [1.165, 1.54) is 11.3 Å². The van der Waals surface area contributed by atoms with Gasteiger partial charge in [-0.05, 0) is 31.5 Å². The van der Waals surface area contributed by atoms with Gasteiger partial charge in [-0.15, -0.1) is 10.2 Å². The molecule has 1 saturated heterocycles. The summed E-state index contributed by atoms with van der Waals surface area (Å²) in [5.74, 6) is 0. The van der Waals surface area contributed by atoms with Gasteiger partial charge in [0.1, 0.15) is 9.90 Å². The van der Waals surface area contributed by atoms with E-state index in [2.05, 4.69) is 20.1 Å². The van der Waals surface area contributed by atoms with Crippen LogP contribution < -0.4 is 4.74 Å². The second-order valence-corrected chi connectivity index (χ2v) is 9.85. The first-order chi connectivity index (χ1) is 14.0. The summed E-state index contributed by atoms with van der Waals surface area (Å²) < 4.78 is 33.4. The predicted octanol–water partition coefficient (Wildman–Crippen LogP) is 2.30. The number of aryl methyl sites for hydroxylation is 1. The number of para-hydroxylation sites is 1. The molecular weight excluding hydrogens is 410 g/mol. The number of sulfonamides is 1. The summed E-state index contributed by atoms with van der Waals surface area (Å²) >= 11 is 1.43. The lowest BCUT2D eigenvalue weighted by atomic mass is 10.2. The van der Waals surface area contributed by atoms with Crippen LogP contribution in [-0.2, 0) is 16.6 Å². The van der Waals surface area contributed by atoms with Gasteiger partial charge in [0.15, 0.2) is 0 Å². The van der Waals surface area contributed by atoms with Crippen LogP contribution in [0, 0.1) is 6.92 Å². The van der Waals surface area contributed by atoms with Crippen molar-refractivity contribution in [3.8, 4) is 5.19 Å². The third kappa shape index (κ3) is 4.25. The molecule has 3 heterocycles. The van der Waals surface area contributed by atoms with Crippen LogP contribution in [0.4, 0.5) is 0 Å². The number of benzene rings is 1. The number of hydrogen-bond donors (Lipinski definition) is 0. The third-order valence-electron chi connectivity index (χ3n) is 4.83. The van der Waals surface area contributed by atoms with Crippen molar-refractivity contribution >= 4 is 32.3 Å². The van der Waals surface area contributed by atoms with Gasteiger partial charge in [0.25, 0.3) is 5.19 Å². The molecule has 0 bridgehead atoms. The SMILES string of the molecule is CCOc1nnc(CN2CCN(S(=O)(=O)c3cccc4cc(C)cnc34)CC2)s1. The lowest BCUT2D eigenvalue weighted by Crippen LogP contribution is -2.48. The summed E-state index contributed by atoms with van der Waals surface area (Å²) in [5, 5.41) is 10.4. The topological polar surface area (TPSA) is 88.5 Å². The Balaban J connectivity index is 1.46. The Hall–Kier alpha value is -2.14. The Bertz CT molecular complexity index is 1110. The van der Waals surface area contributed by atoms with Crippen LogP contribution in [0.15, 0.2) is 35.4 Å². The van der Waals surface area contributed by atoms with Crippen molar-refractivity contribution in [3.63, 3.8) is 0 Å². The standard InChI is InChI=1S/C19H23N5O3S2/c1-3-27-19-22-21-17(28-19)13-23-7-9-24(10-8-23)29(25,26)16-6-4-5-15-11-14(2)12-20-18(15)16/h4-6,11-12H,3,7-10,13H2,1-2H3. The van der Waals surface area contributed by atoms with Crippen molar-refractivity contribution in [1.82, 2.24) is 24.4 Å². The molecule has 8 nitrogen and oxygen atoms in total. The predicted molar refractivity (Wildman–Crippen MR) is 112 cm³/mol. The van der Waals surface area contributed by atoms with E-state index in [1.807, 2.05) is 26.0 Å². The van der Waals surface area contributed by atoms with E-state index in [0.717, 1.165) is 16.0 Å². The monoisotopic (exact) mass is 433 g/mol. The van der Waals surface area contributed by atoms with E-state index in [0.29, 0.717) is 50.0 Å². The average Bonchev–Trinajstić information content (AvgIpc) is 3.15. The Morgan fingerprint density at radius 2 is 1.97 bits per heavy atom. The highest BCUT2D eigenvalue weighted by atomic mass is 32.2. The highest BCUT2D eigenvalue weighted by molar-refractivity contribution is 7.89. The molecule has 1 aliphatic heterocycles. The molecule has 1 aromatic carbocycles. The van der Waals surface area contributed by atoms with Crippen molar-refractivity contribution < 1.29 is 13.2 Å². The minimum Gasteiger partial charge on any atom is -0.469 e. The maximum Gasteiger partial charge on any atom is 0.294 e. The highest BCUT2D eigenvalue weighted by Gasteiger charge is 2.30. The molecule has 0 saturated carbocycles. The van der Waals surface area contributed by atoms with E-state index in [4.69, 9.17) is 4.74 Å². The van der Waals surface area contributed by atoms with Gasteiger partial charge in [0.05, 0.1) is 18.7 Å². The molecule has 0 N–H and O–H groups in total. The van der Waals surface area contributed by atoms with Crippen LogP contribution in [0.2, 0.25) is 0 Å². The maximum absolute atomic E-state index is 13.3. The molecule has 0 aliphatic carbocycles. The number of piperazine rings is 1. The molecule has 4 rings (SSSR count). The Kier molecular flexibility index (Phi) is 5.77. The fourth-order valence-corrected chi connectivity index (χ4v) is 5.77. The molecule has 154 valence electrons. The van der Waals surface area contributed by atoms with E-state index in [1.54, 1.807) is 22.6 Å². The molecule has 2 aromatic heterocycles. The molecule has 1 fully saturated rings. The number of nitrogens with zero attached hydrogens (tertiary/aromatic N) is 5. The molecule has 3 aromatic rings. The molecule has 0 radical (unpaired) electrons. The lowest BCUT2D eigenvalue weighted by Gasteiger charge is -2.33. The lowest BCUT2D eigenvalue weighted by molar-refractivity contribution is 0.181. The molecule has 29 heavy (non-hydrogen) atoms. The summed E-state index contributed by atoms with van der Waals surface area (Å²) in [5.41, 5.74) is 1.53. The van der Waals surface area contributed by atoms with Gasteiger partial charge in [-0.3, -0.25) is 9.88 Å². The number of rotatable bonds is 6. The first-order valence-corrected chi connectivity index (χ1v) is 11.8. The summed E-state index contributed by atoms with van der Waals surface area (Å²) in [6.45, 7) is 7.21. The Morgan fingerprint density at radius 3 is 2.72 bits per heavy atom. The number of hydrogen-bond acceptors (Lipinski definition) is 8. The molecule has 10 heteroatoms. The van der Waals surface area contributed by atoms with Gasteiger partial charge in [0, 0.05) is 37.8 Å². The Labute approximate surface area is 174 Å².